The maximum Gasteiger partial charge on any atom is 0.322 e. The summed E-state index contributed by atoms with van der Waals surface area (Å²) in [6.07, 6.45) is 3.95. The van der Waals surface area contributed by atoms with Gasteiger partial charge in [-0.2, -0.15) is 11.8 Å². The highest BCUT2D eigenvalue weighted by Crippen LogP contribution is 2.15. The smallest absolute Gasteiger partial charge is 0.321 e. The Morgan fingerprint density at radius 1 is 1.36 bits per heavy atom. The molecule has 0 spiro atoms. The van der Waals surface area contributed by atoms with Crippen LogP contribution in [0.5, 0.6) is 0 Å². The highest BCUT2D eigenvalue weighted by Gasteiger charge is 2.24. The summed E-state index contributed by atoms with van der Waals surface area (Å²) >= 11 is 1.83. The molecule has 0 unspecified atom stereocenters. The number of anilines is 1. The molecule has 0 aliphatic carbocycles. The Morgan fingerprint density at radius 2 is 2.09 bits per heavy atom. The van der Waals surface area contributed by atoms with Crippen molar-refractivity contribution in [2.24, 2.45) is 0 Å². The largest absolute Gasteiger partial charge is 0.322 e. The Balaban J connectivity index is 1.94. The molecule has 0 bridgehead atoms. The van der Waals surface area contributed by atoms with Gasteiger partial charge in [-0.25, -0.2) is 4.79 Å². The van der Waals surface area contributed by atoms with E-state index in [1.165, 1.54) is 5.56 Å². The molecule has 1 heterocycles. The van der Waals surface area contributed by atoms with Gasteiger partial charge in [0.1, 0.15) is 0 Å². The average Bonchev–Trinajstić information content (AvgIpc) is 2.68. The van der Waals surface area contributed by atoms with Crippen LogP contribution in [-0.2, 0) is 17.2 Å². The second-order valence-electron chi connectivity index (χ2n) is 5.55. The van der Waals surface area contributed by atoms with E-state index in [2.05, 4.69) is 23.7 Å². The van der Waals surface area contributed by atoms with Gasteiger partial charge in [0.25, 0.3) is 0 Å². The fourth-order valence-electron chi connectivity index (χ4n) is 2.45. The maximum atomic E-state index is 12.4. The van der Waals surface area contributed by atoms with Crippen LogP contribution in [0.1, 0.15) is 18.9 Å². The number of aryl methyl sites for hydroxylation is 1. The molecular weight excluding hydrogens is 316 g/mol. The van der Waals surface area contributed by atoms with E-state index in [0.29, 0.717) is 18.1 Å². The van der Waals surface area contributed by atoms with Gasteiger partial charge >= 0.3 is 6.03 Å². The van der Waals surface area contributed by atoms with Gasteiger partial charge in [-0.1, -0.05) is 12.1 Å². The van der Waals surface area contributed by atoms with Crippen molar-refractivity contribution in [1.29, 1.82) is 0 Å². The Hall–Kier alpha value is -1.01. The monoisotopic (exact) mass is 340 g/mol. The summed E-state index contributed by atoms with van der Waals surface area (Å²) in [5.41, 5.74) is 2.10. The highest BCUT2D eigenvalue weighted by molar-refractivity contribution is 7.98. The third-order valence-electron chi connectivity index (χ3n) is 3.92. The minimum Gasteiger partial charge on any atom is -0.321 e. The third kappa shape index (κ3) is 5.02. The van der Waals surface area contributed by atoms with Crippen LogP contribution in [0, 0.1) is 0 Å². The van der Waals surface area contributed by atoms with E-state index >= 15 is 0 Å². The molecule has 1 N–H and O–H groups in total. The number of hydrogen-bond acceptors (Lipinski definition) is 3. The Kier molecular flexibility index (Phi) is 6.76. The van der Waals surface area contributed by atoms with Crippen molar-refractivity contribution in [2.45, 2.75) is 25.8 Å². The number of benzene rings is 1. The molecular formula is C16H24N2O2S2. The average molecular weight is 341 g/mol. The van der Waals surface area contributed by atoms with Crippen molar-refractivity contribution in [2.75, 3.05) is 35.4 Å². The van der Waals surface area contributed by atoms with Crippen LogP contribution >= 0.6 is 11.8 Å². The lowest BCUT2D eigenvalue weighted by atomic mass is 10.1. The molecule has 2 atom stereocenters. The van der Waals surface area contributed by atoms with Crippen LogP contribution in [0.2, 0.25) is 0 Å². The lowest BCUT2D eigenvalue weighted by Gasteiger charge is -2.26. The third-order valence-corrected chi connectivity index (χ3v) is 5.86. The minimum atomic E-state index is -0.792. The summed E-state index contributed by atoms with van der Waals surface area (Å²) in [7, 11) is -0.792. The molecule has 1 aromatic rings. The molecule has 2 amide bonds. The second-order valence-corrected chi connectivity index (χ2v) is 8.23. The van der Waals surface area contributed by atoms with Crippen molar-refractivity contribution in [3.63, 3.8) is 0 Å². The van der Waals surface area contributed by atoms with E-state index in [-0.39, 0.29) is 12.1 Å². The van der Waals surface area contributed by atoms with Crippen molar-refractivity contribution in [3.05, 3.63) is 29.8 Å². The van der Waals surface area contributed by atoms with E-state index in [0.717, 1.165) is 24.3 Å². The number of hydrogen-bond donors (Lipinski definition) is 1. The molecule has 22 heavy (non-hydrogen) atoms. The number of urea groups is 1. The normalized spacial score (nSPS) is 22.2. The van der Waals surface area contributed by atoms with Crippen molar-refractivity contribution < 1.29 is 9.00 Å². The summed E-state index contributed by atoms with van der Waals surface area (Å²) in [6, 6.07) is 8.07. The fourth-order valence-corrected chi connectivity index (χ4v) is 4.10. The molecule has 0 saturated carbocycles. The summed E-state index contributed by atoms with van der Waals surface area (Å²) in [5.74, 6) is 2.37. The number of rotatable bonds is 4. The van der Waals surface area contributed by atoms with Gasteiger partial charge in [-0.3, -0.25) is 4.21 Å². The van der Waals surface area contributed by atoms with Crippen molar-refractivity contribution in [1.82, 2.24) is 4.90 Å². The van der Waals surface area contributed by atoms with Crippen molar-refractivity contribution in [3.8, 4) is 0 Å². The second kappa shape index (κ2) is 8.58. The molecule has 4 nitrogen and oxygen atoms in total. The van der Waals surface area contributed by atoms with E-state index in [4.69, 9.17) is 0 Å². The number of thioether (sulfide) groups is 1. The molecule has 122 valence electrons. The van der Waals surface area contributed by atoms with Gasteiger partial charge in [-0.05, 0) is 49.5 Å². The van der Waals surface area contributed by atoms with Crippen LogP contribution < -0.4 is 5.32 Å². The first-order chi connectivity index (χ1) is 10.6. The van der Waals surface area contributed by atoms with Gasteiger partial charge in [0.2, 0.25) is 0 Å². The van der Waals surface area contributed by atoms with Crippen LogP contribution in [0.15, 0.2) is 24.3 Å². The van der Waals surface area contributed by atoms with Gasteiger partial charge in [0.05, 0.1) is 0 Å². The number of nitrogens with one attached hydrogen (secondary N) is 1. The lowest BCUT2D eigenvalue weighted by molar-refractivity contribution is 0.197. The van der Waals surface area contributed by atoms with Crippen molar-refractivity contribution >= 4 is 34.3 Å². The fraction of sp³-hybridized carbons (Fsp3) is 0.562. The molecule has 2 rings (SSSR count). The molecule has 1 aromatic carbocycles. The maximum absolute atomic E-state index is 12.4. The first-order valence-electron chi connectivity index (χ1n) is 7.60. The summed E-state index contributed by atoms with van der Waals surface area (Å²) in [5, 5.41) is 2.95. The standard InChI is InChI=1S/C16H24N2O2S2/c1-13-8-11-22(20)12-9-18(13)16(19)17-15-5-3-14(4-6-15)7-10-21-2/h3-6,13H,7-12H2,1-2H3,(H,17,19)/t13-,22+/m1/s1. The van der Waals surface area contributed by atoms with E-state index in [9.17, 15) is 9.00 Å². The zero-order valence-electron chi connectivity index (χ0n) is 13.2. The summed E-state index contributed by atoms with van der Waals surface area (Å²) in [6.45, 7) is 2.58. The van der Waals surface area contributed by atoms with Gasteiger partial charge in [0.15, 0.2) is 0 Å². The molecule has 6 heteroatoms. The number of carbonyl (C=O) groups excluding carboxylic acids is 1. The van der Waals surface area contributed by atoms with Gasteiger partial charge in [0, 0.05) is 40.6 Å². The molecule has 1 aliphatic heterocycles. The molecule has 0 aromatic heterocycles. The van der Waals surface area contributed by atoms with E-state index < -0.39 is 10.8 Å². The topological polar surface area (TPSA) is 49.4 Å². The number of nitrogens with zero attached hydrogens (tertiary/aromatic N) is 1. The summed E-state index contributed by atoms with van der Waals surface area (Å²) < 4.78 is 11.6. The quantitative estimate of drug-likeness (QED) is 0.917. The van der Waals surface area contributed by atoms with Crippen LogP contribution in [0.3, 0.4) is 0 Å². The van der Waals surface area contributed by atoms with Crippen LogP contribution in [0.25, 0.3) is 0 Å². The number of amides is 2. The Bertz CT molecular complexity index is 519. The Labute approximate surface area is 139 Å². The molecule has 1 fully saturated rings. The first kappa shape index (κ1) is 17.3. The van der Waals surface area contributed by atoms with Crippen LogP contribution in [-0.4, -0.2) is 51.2 Å². The lowest BCUT2D eigenvalue weighted by Crippen LogP contribution is -2.42. The number of carbonyl (C=O) groups is 1. The zero-order chi connectivity index (χ0) is 15.9. The van der Waals surface area contributed by atoms with Gasteiger partial charge in [-0.15, -0.1) is 0 Å². The highest BCUT2D eigenvalue weighted by atomic mass is 32.2. The molecule has 0 radical (unpaired) electrons. The van der Waals surface area contributed by atoms with E-state index in [1.54, 1.807) is 4.90 Å². The zero-order valence-corrected chi connectivity index (χ0v) is 14.8. The van der Waals surface area contributed by atoms with Crippen LogP contribution in [0.4, 0.5) is 10.5 Å². The molecule has 1 saturated heterocycles. The van der Waals surface area contributed by atoms with Gasteiger partial charge < -0.3 is 10.2 Å². The predicted octanol–water partition coefficient (Wildman–Crippen LogP) is 2.97. The SMILES string of the molecule is CSCCc1ccc(NC(=O)N2CC[S@@](=O)CC[C@H]2C)cc1. The first-order valence-corrected chi connectivity index (χ1v) is 10.5. The predicted molar refractivity (Wildman–Crippen MR) is 96.2 cm³/mol. The Morgan fingerprint density at radius 3 is 2.77 bits per heavy atom. The van der Waals surface area contributed by atoms with E-state index in [1.807, 2.05) is 30.8 Å². The molecule has 1 aliphatic rings. The summed E-state index contributed by atoms with van der Waals surface area (Å²) in [4.78, 5) is 14.2. The minimum absolute atomic E-state index is 0.0942.